The third kappa shape index (κ3) is 3.27. The maximum absolute atomic E-state index is 13.5. The second-order valence-corrected chi connectivity index (χ2v) is 9.34. The molecule has 0 bridgehead atoms. The van der Waals surface area contributed by atoms with E-state index in [2.05, 4.69) is 0 Å². The SMILES string of the molecule is COc1cccc(S(=O)(=O)N2CCC3(CC(=O)N(c4cccc(F)c4)C3)C2)c1. The molecule has 6 nitrogen and oxygen atoms in total. The first-order valence-electron chi connectivity index (χ1n) is 9.03. The molecule has 148 valence electrons. The summed E-state index contributed by atoms with van der Waals surface area (Å²) >= 11 is 0. The fourth-order valence-corrected chi connectivity index (χ4v) is 5.65. The van der Waals surface area contributed by atoms with Gasteiger partial charge in [-0.05, 0) is 36.8 Å². The minimum Gasteiger partial charge on any atom is -0.497 e. The molecule has 2 aromatic rings. The van der Waals surface area contributed by atoms with E-state index in [1.807, 2.05) is 0 Å². The quantitative estimate of drug-likeness (QED) is 0.786. The van der Waals surface area contributed by atoms with Crippen LogP contribution in [0.1, 0.15) is 12.8 Å². The van der Waals surface area contributed by atoms with Gasteiger partial charge in [-0.3, -0.25) is 4.79 Å². The van der Waals surface area contributed by atoms with Crippen molar-refractivity contribution in [2.45, 2.75) is 17.7 Å². The number of methoxy groups -OCH3 is 1. The molecule has 2 aliphatic heterocycles. The fourth-order valence-electron chi connectivity index (χ4n) is 4.06. The number of amides is 1. The Morgan fingerprint density at radius 3 is 2.64 bits per heavy atom. The zero-order valence-corrected chi connectivity index (χ0v) is 16.3. The van der Waals surface area contributed by atoms with Gasteiger partial charge in [0, 0.05) is 43.2 Å². The van der Waals surface area contributed by atoms with Gasteiger partial charge in [0.25, 0.3) is 0 Å². The third-order valence-electron chi connectivity index (χ3n) is 5.52. The smallest absolute Gasteiger partial charge is 0.243 e. The largest absolute Gasteiger partial charge is 0.497 e. The minimum absolute atomic E-state index is 0.105. The number of hydrogen-bond donors (Lipinski definition) is 0. The van der Waals surface area contributed by atoms with E-state index >= 15 is 0 Å². The number of anilines is 1. The molecule has 0 aliphatic carbocycles. The summed E-state index contributed by atoms with van der Waals surface area (Å²) in [7, 11) is -2.19. The van der Waals surface area contributed by atoms with E-state index in [9.17, 15) is 17.6 Å². The van der Waals surface area contributed by atoms with Crippen LogP contribution >= 0.6 is 0 Å². The van der Waals surface area contributed by atoms with Crippen LogP contribution in [-0.4, -0.2) is 45.4 Å². The van der Waals surface area contributed by atoms with E-state index in [1.165, 1.54) is 29.6 Å². The second kappa shape index (κ2) is 6.86. The Kier molecular flexibility index (Phi) is 4.63. The van der Waals surface area contributed by atoms with Crippen molar-refractivity contribution in [2.75, 3.05) is 31.6 Å². The maximum Gasteiger partial charge on any atom is 0.243 e. The minimum atomic E-state index is -3.68. The second-order valence-electron chi connectivity index (χ2n) is 7.40. The summed E-state index contributed by atoms with van der Waals surface area (Å²) in [5.41, 5.74) is 0.0611. The molecule has 0 N–H and O–H groups in total. The fraction of sp³-hybridized carbons (Fsp3) is 0.350. The Balaban J connectivity index is 1.56. The van der Waals surface area contributed by atoms with Crippen molar-refractivity contribution in [1.82, 2.24) is 4.31 Å². The summed E-state index contributed by atoms with van der Waals surface area (Å²) in [6, 6.07) is 12.3. The molecule has 28 heavy (non-hydrogen) atoms. The van der Waals surface area contributed by atoms with Crippen LogP contribution in [0.2, 0.25) is 0 Å². The molecule has 1 spiro atoms. The van der Waals surface area contributed by atoms with E-state index in [1.54, 1.807) is 35.2 Å². The monoisotopic (exact) mass is 404 g/mol. The molecule has 2 saturated heterocycles. The molecule has 2 heterocycles. The number of benzene rings is 2. The molecule has 8 heteroatoms. The van der Waals surface area contributed by atoms with Gasteiger partial charge in [0.15, 0.2) is 0 Å². The van der Waals surface area contributed by atoms with Crippen LogP contribution in [0.15, 0.2) is 53.4 Å². The van der Waals surface area contributed by atoms with Gasteiger partial charge in [0.05, 0.1) is 12.0 Å². The van der Waals surface area contributed by atoms with Crippen LogP contribution in [0, 0.1) is 11.2 Å². The number of rotatable bonds is 4. The van der Waals surface area contributed by atoms with Crippen LogP contribution in [0.3, 0.4) is 0 Å². The molecule has 0 aromatic heterocycles. The summed E-state index contributed by atoms with van der Waals surface area (Å²) in [6.45, 7) is 1.01. The van der Waals surface area contributed by atoms with E-state index in [0.29, 0.717) is 30.9 Å². The van der Waals surface area contributed by atoms with E-state index in [0.717, 1.165) is 0 Å². The van der Waals surface area contributed by atoms with E-state index < -0.39 is 21.3 Å². The Morgan fingerprint density at radius 2 is 1.89 bits per heavy atom. The maximum atomic E-state index is 13.5. The lowest BCUT2D eigenvalue weighted by Gasteiger charge is -2.24. The number of sulfonamides is 1. The molecule has 1 unspecified atom stereocenters. The highest BCUT2D eigenvalue weighted by atomic mass is 32.2. The molecular weight excluding hydrogens is 383 g/mol. The van der Waals surface area contributed by atoms with Gasteiger partial charge >= 0.3 is 0 Å². The number of ether oxygens (including phenoxy) is 1. The first-order chi connectivity index (χ1) is 13.3. The van der Waals surface area contributed by atoms with Crippen molar-refractivity contribution in [3.8, 4) is 5.75 Å². The van der Waals surface area contributed by atoms with E-state index in [4.69, 9.17) is 4.74 Å². The zero-order chi connectivity index (χ0) is 19.9. The Morgan fingerprint density at radius 1 is 1.11 bits per heavy atom. The average molecular weight is 404 g/mol. The summed E-state index contributed by atoms with van der Waals surface area (Å²) < 4.78 is 46.2. The van der Waals surface area contributed by atoms with Crippen LogP contribution in [-0.2, 0) is 14.8 Å². The molecule has 1 amide bonds. The highest BCUT2D eigenvalue weighted by molar-refractivity contribution is 7.89. The van der Waals surface area contributed by atoms with Crippen molar-refractivity contribution >= 4 is 21.6 Å². The van der Waals surface area contributed by atoms with Crippen LogP contribution in [0.4, 0.5) is 10.1 Å². The van der Waals surface area contributed by atoms with Gasteiger partial charge in [0.1, 0.15) is 11.6 Å². The highest BCUT2D eigenvalue weighted by Crippen LogP contribution is 2.43. The first-order valence-corrected chi connectivity index (χ1v) is 10.5. The lowest BCUT2D eigenvalue weighted by molar-refractivity contribution is -0.117. The van der Waals surface area contributed by atoms with Gasteiger partial charge in [-0.1, -0.05) is 12.1 Å². The van der Waals surface area contributed by atoms with Gasteiger partial charge in [0.2, 0.25) is 15.9 Å². The molecule has 2 aliphatic rings. The lowest BCUT2D eigenvalue weighted by atomic mass is 9.86. The predicted molar refractivity (Wildman–Crippen MR) is 102 cm³/mol. The van der Waals surface area contributed by atoms with Gasteiger partial charge < -0.3 is 9.64 Å². The molecule has 1 atom stereocenters. The van der Waals surface area contributed by atoms with Crippen LogP contribution in [0.5, 0.6) is 5.75 Å². The van der Waals surface area contributed by atoms with E-state index in [-0.39, 0.29) is 23.8 Å². The van der Waals surface area contributed by atoms with Crippen LogP contribution < -0.4 is 9.64 Å². The summed E-state index contributed by atoms with van der Waals surface area (Å²) in [4.78, 5) is 14.3. The normalized spacial score (nSPS) is 22.9. The van der Waals surface area contributed by atoms with Crippen molar-refractivity contribution in [1.29, 1.82) is 0 Å². The molecule has 0 saturated carbocycles. The number of carbonyl (C=O) groups is 1. The molecule has 2 aromatic carbocycles. The van der Waals surface area contributed by atoms with Gasteiger partial charge in [-0.25, -0.2) is 12.8 Å². The molecule has 4 rings (SSSR count). The standard InChI is InChI=1S/C20H21FN2O4S/c1-27-17-6-3-7-18(11-17)28(25,26)22-9-8-20(13-22)12-19(24)23(14-20)16-5-2-4-15(21)10-16/h2-7,10-11H,8-9,12-14H2,1H3. The topological polar surface area (TPSA) is 66.9 Å². The Labute approximate surface area is 163 Å². The van der Waals surface area contributed by atoms with Gasteiger partial charge in [-0.15, -0.1) is 0 Å². The van der Waals surface area contributed by atoms with Crippen molar-refractivity contribution < 1.29 is 22.3 Å². The lowest BCUT2D eigenvalue weighted by Crippen LogP contribution is -2.34. The highest BCUT2D eigenvalue weighted by Gasteiger charge is 2.50. The molecule has 2 fully saturated rings. The zero-order valence-electron chi connectivity index (χ0n) is 15.5. The number of carbonyl (C=O) groups excluding carboxylic acids is 1. The van der Waals surface area contributed by atoms with Crippen molar-refractivity contribution in [3.05, 3.63) is 54.3 Å². The number of hydrogen-bond acceptors (Lipinski definition) is 4. The summed E-state index contributed by atoms with van der Waals surface area (Å²) in [5, 5.41) is 0. The third-order valence-corrected chi connectivity index (χ3v) is 7.36. The Bertz CT molecular complexity index is 1030. The van der Waals surface area contributed by atoms with Crippen molar-refractivity contribution in [2.24, 2.45) is 5.41 Å². The molecular formula is C20H21FN2O4S. The summed E-state index contributed by atoms with van der Waals surface area (Å²) in [6.07, 6.45) is 0.849. The summed E-state index contributed by atoms with van der Waals surface area (Å²) in [5.74, 6) is -0.0329. The van der Waals surface area contributed by atoms with Crippen molar-refractivity contribution in [3.63, 3.8) is 0 Å². The Hall–Kier alpha value is -2.45. The number of halogens is 1. The van der Waals surface area contributed by atoms with Gasteiger partial charge in [-0.2, -0.15) is 4.31 Å². The first kappa shape index (κ1) is 18.9. The van der Waals surface area contributed by atoms with Crippen LogP contribution in [0.25, 0.3) is 0 Å². The number of nitrogens with zero attached hydrogens (tertiary/aromatic N) is 2. The average Bonchev–Trinajstić information content (AvgIpc) is 3.25. The molecule has 0 radical (unpaired) electrons. The predicted octanol–water partition coefficient (Wildman–Crippen LogP) is 2.65.